The van der Waals surface area contributed by atoms with Gasteiger partial charge in [-0.1, -0.05) is 23.9 Å². The maximum absolute atomic E-state index is 13.5. The Hall–Kier alpha value is -1.56. The summed E-state index contributed by atoms with van der Waals surface area (Å²) in [5.74, 6) is 0.528. The third-order valence-corrected chi connectivity index (χ3v) is 2.83. The quantitative estimate of drug-likeness (QED) is 0.658. The molecule has 1 heterocycles. The molecule has 0 saturated heterocycles. The van der Waals surface area contributed by atoms with Crippen LogP contribution in [0.25, 0.3) is 0 Å². The molecule has 6 heteroatoms. The molecular weight excluding hydrogens is 229 g/mol. The number of aryl methyl sites for hydroxylation is 1. The van der Waals surface area contributed by atoms with Gasteiger partial charge in [-0.3, -0.25) is 0 Å². The Morgan fingerprint density at radius 2 is 2.25 bits per heavy atom. The number of nitrogens with two attached hydrogens (primary N) is 1. The molecule has 0 spiro atoms. The van der Waals surface area contributed by atoms with E-state index in [1.54, 1.807) is 19.1 Å². The third-order valence-electron chi connectivity index (χ3n) is 1.97. The smallest absolute Gasteiger partial charge is 0.276 e. The molecule has 0 aliphatic heterocycles. The number of anilines is 1. The lowest BCUT2D eigenvalue weighted by atomic mass is 10.2. The summed E-state index contributed by atoms with van der Waals surface area (Å²) in [5.41, 5.74) is 6.14. The molecule has 2 aromatic rings. The molecule has 0 fully saturated rings. The molecule has 2 rings (SSSR count). The number of hydrogen-bond acceptors (Lipinski definition) is 5. The SMILES string of the molecule is Cc1nnc(SCc2cccc(N)c2F)o1. The zero-order valence-corrected chi connectivity index (χ0v) is 9.42. The van der Waals surface area contributed by atoms with Gasteiger partial charge in [-0.15, -0.1) is 10.2 Å². The molecule has 1 aromatic heterocycles. The van der Waals surface area contributed by atoms with E-state index in [1.165, 1.54) is 17.8 Å². The number of rotatable bonds is 3. The number of benzene rings is 1. The van der Waals surface area contributed by atoms with Crippen LogP contribution in [0.5, 0.6) is 0 Å². The van der Waals surface area contributed by atoms with Crippen molar-refractivity contribution in [2.75, 3.05) is 5.73 Å². The van der Waals surface area contributed by atoms with Crippen LogP contribution >= 0.6 is 11.8 Å². The Bertz CT molecular complexity index is 501. The standard InChI is InChI=1S/C10H10FN3OS/c1-6-13-14-10(15-6)16-5-7-3-2-4-8(12)9(7)11/h2-4H,5,12H2,1H3. The van der Waals surface area contributed by atoms with Gasteiger partial charge in [-0.05, 0) is 6.07 Å². The third kappa shape index (κ3) is 2.33. The second kappa shape index (κ2) is 4.52. The summed E-state index contributed by atoms with van der Waals surface area (Å²) in [7, 11) is 0. The number of halogens is 1. The molecule has 2 N–H and O–H groups in total. The fraction of sp³-hybridized carbons (Fsp3) is 0.200. The summed E-state index contributed by atoms with van der Waals surface area (Å²) < 4.78 is 18.7. The Morgan fingerprint density at radius 3 is 2.94 bits per heavy atom. The summed E-state index contributed by atoms with van der Waals surface area (Å²) in [4.78, 5) is 0. The molecule has 0 aliphatic rings. The zero-order chi connectivity index (χ0) is 11.5. The lowest BCUT2D eigenvalue weighted by Gasteiger charge is -2.02. The molecule has 0 aliphatic carbocycles. The molecular formula is C10H10FN3OS. The van der Waals surface area contributed by atoms with E-state index in [9.17, 15) is 4.39 Å². The van der Waals surface area contributed by atoms with Crippen molar-refractivity contribution >= 4 is 17.4 Å². The highest BCUT2D eigenvalue weighted by Crippen LogP contribution is 2.24. The van der Waals surface area contributed by atoms with Crippen molar-refractivity contribution in [3.8, 4) is 0 Å². The van der Waals surface area contributed by atoms with Crippen LogP contribution < -0.4 is 5.73 Å². The van der Waals surface area contributed by atoms with E-state index in [-0.39, 0.29) is 11.5 Å². The van der Waals surface area contributed by atoms with Crippen molar-refractivity contribution in [3.05, 3.63) is 35.5 Å². The molecule has 0 amide bonds. The minimum Gasteiger partial charge on any atom is -0.416 e. The molecule has 0 unspecified atom stereocenters. The van der Waals surface area contributed by atoms with Gasteiger partial charge in [0.2, 0.25) is 5.89 Å². The number of nitrogens with zero attached hydrogens (tertiary/aromatic N) is 2. The number of aromatic nitrogens is 2. The number of hydrogen-bond donors (Lipinski definition) is 1. The maximum atomic E-state index is 13.5. The first-order chi connectivity index (χ1) is 7.66. The average molecular weight is 239 g/mol. The second-order valence-corrected chi connectivity index (χ2v) is 4.12. The van der Waals surface area contributed by atoms with Crippen LogP contribution in [0.3, 0.4) is 0 Å². The maximum Gasteiger partial charge on any atom is 0.276 e. The fourth-order valence-corrected chi connectivity index (χ4v) is 1.97. The Morgan fingerprint density at radius 1 is 1.44 bits per heavy atom. The molecule has 0 saturated carbocycles. The van der Waals surface area contributed by atoms with Crippen LogP contribution in [0.2, 0.25) is 0 Å². The summed E-state index contributed by atoms with van der Waals surface area (Å²) in [6, 6.07) is 4.93. The van der Waals surface area contributed by atoms with E-state index < -0.39 is 0 Å². The fourth-order valence-electron chi connectivity index (χ4n) is 1.19. The van der Waals surface area contributed by atoms with E-state index in [1.807, 2.05) is 0 Å². The summed E-state index contributed by atoms with van der Waals surface area (Å²) in [6.45, 7) is 1.71. The highest BCUT2D eigenvalue weighted by atomic mass is 32.2. The van der Waals surface area contributed by atoms with Crippen molar-refractivity contribution in [1.29, 1.82) is 0 Å². The van der Waals surface area contributed by atoms with E-state index in [2.05, 4.69) is 10.2 Å². The summed E-state index contributed by atoms with van der Waals surface area (Å²) >= 11 is 1.28. The average Bonchev–Trinajstić information content (AvgIpc) is 2.67. The first-order valence-corrected chi connectivity index (χ1v) is 5.61. The predicted molar refractivity (Wildman–Crippen MR) is 59.4 cm³/mol. The monoisotopic (exact) mass is 239 g/mol. The van der Waals surface area contributed by atoms with Gasteiger partial charge in [0.1, 0.15) is 5.82 Å². The van der Waals surface area contributed by atoms with Crippen molar-refractivity contribution in [3.63, 3.8) is 0 Å². The molecule has 0 radical (unpaired) electrons. The van der Waals surface area contributed by atoms with Crippen molar-refractivity contribution in [2.24, 2.45) is 0 Å². The van der Waals surface area contributed by atoms with Crippen LogP contribution in [-0.2, 0) is 5.75 Å². The minimum absolute atomic E-state index is 0.153. The van der Waals surface area contributed by atoms with Crippen molar-refractivity contribution in [2.45, 2.75) is 17.9 Å². The number of nitrogen functional groups attached to an aromatic ring is 1. The van der Waals surface area contributed by atoms with E-state index >= 15 is 0 Å². The normalized spacial score (nSPS) is 10.6. The highest BCUT2D eigenvalue weighted by Gasteiger charge is 2.08. The van der Waals surface area contributed by atoms with E-state index in [4.69, 9.17) is 10.2 Å². The lowest BCUT2D eigenvalue weighted by Crippen LogP contribution is -1.95. The van der Waals surface area contributed by atoms with Gasteiger partial charge < -0.3 is 10.2 Å². The lowest BCUT2D eigenvalue weighted by molar-refractivity contribution is 0.429. The van der Waals surface area contributed by atoms with Gasteiger partial charge in [-0.2, -0.15) is 0 Å². The Kier molecular flexibility index (Phi) is 3.09. The van der Waals surface area contributed by atoms with Crippen LogP contribution in [0.15, 0.2) is 27.8 Å². The van der Waals surface area contributed by atoms with Gasteiger partial charge in [0.15, 0.2) is 0 Å². The van der Waals surface area contributed by atoms with Crippen LogP contribution in [0.1, 0.15) is 11.5 Å². The Balaban J connectivity index is 2.07. The topological polar surface area (TPSA) is 64.9 Å². The number of thioether (sulfide) groups is 1. The van der Waals surface area contributed by atoms with Crippen molar-refractivity contribution < 1.29 is 8.81 Å². The first kappa shape index (κ1) is 10.9. The van der Waals surface area contributed by atoms with Gasteiger partial charge in [0.05, 0.1) is 5.69 Å². The van der Waals surface area contributed by atoms with Gasteiger partial charge in [-0.25, -0.2) is 4.39 Å². The highest BCUT2D eigenvalue weighted by molar-refractivity contribution is 7.98. The first-order valence-electron chi connectivity index (χ1n) is 4.62. The Labute approximate surface area is 96.0 Å². The van der Waals surface area contributed by atoms with Crippen molar-refractivity contribution in [1.82, 2.24) is 10.2 Å². The second-order valence-electron chi connectivity index (χ2n) is 3.20. The van der Waals surface area contributed by atoms with Gasteiger partial charge >= 0.3 is 0 Å². The molecule has 84 valence electrons. The minimum atomic E-state index is -0.383. The summed E-state index contributed by atoms with van der Waals surface area (Å²) in [5, 5.41) is 7.92. The largest absolute Gasteiger partial charge is 0.416 e. The van der Waals surface area contributed by atoms with Gasteiger partial charge in [0.25, 0.3) is 5.22 Å². The summed E-state index contributed by atoms with van der Waals surface area (Å²) in [6.07, 6.45) is 0. The van der Waals surface area contributed by atoms with E-state index in [0.717, 1.165) is 0 Å². The molecule has 1 aromatic carbocycles. The predicted octanol–water partition coefficient (Wildman–Crippen LogP) is 2.39. The molecule has 16 heavy (non-hydrogen) atoms. The van der Waals surface area contributed by atoms with Crippen LogP contribution in [0, 0.1) is 12.7 Å². The molecule has 0 bridgehead atoms. The zero-order valence-electron chi connectivity index (χ0n) is 8.61. The van der Waals surface area contributed by atoms with Crippen LogP contribution in [-0.4, -0.2) is 10.2 Å². The molecule has 4 nitrogen and oxygen atoms in total. The molecule has 0 atom stereocenters. The van der Waals surface area contributed by atoms with Gasteiger partial charge in [0, 0.05) is 18.2 Å². The van der Waals surface area contributed by atoms with Crippen LogP contribution in [0.4, 0.5) is 10.1 Å². The van der Waals surface area contributed by atoms with E-state index in [0.29, 0.717) is 22.4 Å².